The number of hydrogen-bond donors (Lipinski definition) is 4. The average Bonchev–Trinajstić information content (AvgIpc) is 3.19. The lowest BCUT2D eigenvalue weighted by atomic mass is 10.0. The van der Waals surface area contributed by atoms with Gasteiger partial charge in [-0.15, -0.1) is 0 Å². The lowest BCUT2D eigenvalue weighted by Crippen LogP contribution is -2.44. The Labute approximate surface area is 190 Å². The van der Waals surface area contributed by atoms with Crippen LogP contribution in [0, 0.1) is 12.3 Å². The molecule has 33 heavy (non-hydrogen) atoms. The number of nitrogens with zero attached hydrogens (tertiary/aromatic N) is 3. The summed E-state index contributed by atoms with van der Waals surface area (Å²) in [5, 5.41) is 14.3. The van der Waals surface area contributed by atoms with Crippen molar-refractivity contribution in [1.29, 1.82) is 5.41 Å². The van der Waals surface area contributed by atoms with Crippen molar-refractivity contribution in [3.05, 3.63) is 54.2 Å². The predicted octanol–water partition coefficient (Wildman–Crippen LogP) is 2.71. The quantitative estimate of drug-likeness (QED) is 0.335. The number of fused-ring (bicyclic) bond motifs is 1. The maximum absolute atomic E-state index is 12.8. The van der Waals surface area contributed by atoms with Crippen LogP contribution in [0.15, 0.2) is 47.5 Å². The van der Waals surface area contributed by atoms with Gasteiger partial charge in [0.15, 0.2) is 5.58 Å². The first-order chi connectivity index (χ1) is 15.9. The lowest BCUT2D eigenvalue weighted by Gasteiger charge is -2.33. The Hall–Kier alpha value is -4.21. The first-order valence-electron chi connectivity index (χ1n) is 10.6. The Morgan fingerprint density at radius 1 is 1.36 bits per heavy atom. The molecule has 1 unspecified atom stereocenters. The number of hydrogen-bond acceptors (Lipinski definition) is 8. The number of likely N-dealkylation sites (tertiary alicyclic amines) is 1. The third kappa shape index (κ3) is 4.69. The van der Waals surface area contributed by atoms with Crippen molar-refractivity contribution < 1.29 is 14.0 Å². The summed E-state index contributed by atoms with van der Waals surface area (Å²) in [5.41, 5.74) is 8.48. The van der Waals surface area contributed by atoms with Crippen LogP contribution in [0.4, 0.5) is 17.5 Å². The number of oxazole rings is 1. The van der Waals surface area contributed by atoms with Gasteiger partial charge in [-0.05, 0) is 49.6 Å². The minimum absolute atomic E-state index is 0.00631. The number of anilines is 3. The summed E-state index contributed by atoms with van der Waals surface area (Å²) in [6.45, 7) is 6.62. The van der Waals surface area contributed by atoms with Crippen LogP contribution < -0.4 is 16.4 Å². The molecule has 10 heteroatoms. The molecule has 1 aliphatic heterocycles. The van der Waals surface area contributed by atoms with Gasteiger partial charge in [-0.1, -0.05) is 12.6 Å². The zero-order valence-corrected chi connectivity index (χ0v) is 18.2. The van der Waals surface area contributed by atoms with E-state index in [2.05, 4.69) is 27.2 Å². The third-order valence-corrected chi connectivity index (χ3v) is 5.49. The highest BCUT2D eigenvalue weighted by Crippen LogP contribution is 2.25. The zero-order chi connectivity index (χ0) is 23.5. The number of carbonyl (C=O) groups excluding carboxylic acids is 2. The van der Waals surface area contributed by atoms with Crippen molar-refractivity contribution >= 4 is 46.1 Å². The highest BCUT2D eigenvalue weighted by molar-refractivity contribution is 6.49. The first-order valence-corrected chi connectivity index (χ1v) is 10.6. The van der Waals surface area contributed by atoms with Gasteiger partial charge in [0, 0.05) is 31.0 Å². The number of carbonyl (C=O) groups is 2. The standard InChI is InChI=1S/C23H25N7O3/c1-3-18(31)30-10-4-5-14(12-30)27-15-8-9-26-21(25)19(15)20(24)22(32)29-23-28-16-11-13(2)6-7-17(16)33-23/h3,6-9,11,14,24H,1,4-5,10,12H2,2H3,(H3,25,26,27)(H,28,29,32). The van der Waals surface area contributed by atoms with E-state index in [0.717, 1.165) is 18.4 Å². The normalized spacial score (nSPS) is 15.8. The van der Waals surface area contributed by atoms with E-state index >= 15 is 0 Å². The molecule has 3 aromatic rings. The van der Waals surface area contributed by atoms with Crippen LogP contribution >= 0.6 is 0 Å². The fourth-order valence-corrected chi connectivity index (χ4v) is 3.87. The van der Waals surface area contributed by atoms with E-state index < -0.39 is 5.91 Å². The summed E-state index contributed by atoms with van der Waals surface area (Å²) in [7, 11) is 0. The second-order valence-corrected chi connectivity index (χ2v) is 7.91. The van der Waals surface area contributed by atoms with Gasteiger partial charge in [-0.25, -0.2) is 4.98 Å². The molecule has 1 aliphatic rings. The number of amides is 2. The average molecular weight is 447 g/mol. The van der Waals surface area contributed by atoms with Crippen LogP contribution in [0.1, 0.15) is 24.0 Å². The van der Waals surface area contributed by atoms with Crippen LogP contribution in [0.3, 0.4) is 0 Å². The lowest BCUT2D eigenvalue weighted by molar-refractivity contribution is -0.127. The van der Waals surface area contributed by atoms with Crippen molar-refractivity contribution in [2.75, 3.05) is 29.5 Å². The SMILES string of the molecule is C=CC(=O)N1CCCC(Nc2ccnc(N)c2C(=N)C(=O)Nc2nc3cc(C)ccc3o2)C1. The molecule has 0 radical (unpaired) electrons. The fraction of sp³-hybridized carbons (Fsp3) is 0.261. The van der Waals surface area contributed by atoms with Crippen molar-refractivity contribution in [3.8, 4) is 0 Å². The number of piperidine rings is 1. The van der Waals surface area contributed by atoms with Gasteiger partial charge in [0.1, 0.15) is 17.0 Å². The predicted molar refractivity (Wildman–Crippen MR) is 126 cm³/mol. The van der Waals surface area contributed by atoms with E-state index in [1.807, 2.05) is 19.1 Å². The van der Waals surface area contributed by atoms with Gasteiger partial charge in [0.2, 0.25) is 5.91 Å². The number of nitrogen functional groups attached to an aromatic ring is 1. The second-order valence-electron chi connectivity index (χ2n) is 7.91. The molecular weight excluding hydrogens is 422 g/mol. The number of nitrogens with two attached hydrogens (primary N) is 1. The second kappa shape index (κ2) is 9.11. The zero-order valence-electron chi connectivity index (χ0n) is 18.2. The summed E-state index contributed by atoms with van der Waals surface area (Å²) in [5.74, 6) is -0.812. The molecule has 1 fully saturated rings. The molecule has 0 spiro atoms. The van der Waals surface area contributed by atoms with E-state index in [-0.39, 0.29) is 35.1 Å². The Morgan fingerprint density at radius 2 is 2.18 bits per heavy atom. The van der Waals surface area contributed by atoms with Gasteiger partial charge >= 0.3 is 6.01 Å². The Balaban J connectivity index is 1.52. The van der Waals surface area contributed by atoms with Crippen LogP contribution in [0.5, 0.6) is 0 Å². The molecule has 4 rings (SSSR count). The summed E-state index contributed by atoms with van der Waals surface area (Å²) >= 11 is 0. The topological polar surface area (TPSA) is 150 Å². The summed E-state index contributed by atoms with van der Waals surface area (Å²) in [6.07, 6.45) is 4.45. The fourth-order valence-electron chi connectivity index (χ4n) is 3.87. The van der Waals surface area contributed by atoms with E-state index in [1.54, 1.807) is 17.0 Å². The van der Waals surface area contributed by atoms with Crippen LogP contribution in [0.25, 0.3) is 11.1 Å². The number of benzene rings is 1. The summed E-state index contributed by atoms with van der Waals surface area (Å²) in [6, 6.07) is 7.07. The number of aryl methyl sites for hydroxylation is 1. The van der Waals surface area contributed by atoms with Crippen LogP contribution in [0.2, 0.25) is 0 Å². The number of aromatic nitrogens is 2. The molecule has 3 heterocycles. The number of rotatable bonds is 6. The van der Waals surface area contributed by atoms with Crippen molar-refractivity contribution in [3.63, 3.8) is 0 Å². The van der Waals surface area contributed by atoms with Gasteiger partial charge in [-0.2, -0.15) is 4.98 Å². The van der Waals surface area contributed by atoms with Crippen LogP contribution in [-0.2, 0) is 9.59 Å². The Bertz CT molecular complexity index is 1250. The maximum Gasteiger partial charge on any atom is 0.302 e. The van der Waals surface area contributed by atoms with Gasteiger partial charge < -0.3 is 20.4 Å². The third-order valence-electron chi connectivity index (χ3n) is 5.49. The van der Waals surface area contributed by atoms with Crippen molar-refractivity contribution in [1.82, 2.24) is 14.9 Å². The molecule has 10 nitrogen and oxygen atoms in total. The molecule has 2 aromatic heterocycles. The minimum Gasteiger partial charge on any atom is -0.423 e. The molecule has 0 saturated carbocycles. The molecular formula is C23H25N7O3. The molecule has 2 amide bonds. The molecule has 170 valence electrons. The van der Waals surface area contributed by atoms with E-state index in [9.17, 15) is 9.59 Å². The molecule has 1 aromatic carbocycles. The molecule has 1 atom stereocenters. The Kier molecular flexibility index (Phi) is 6.07. The Morgan fingerprint density at radius 3 is 2.97 bits per heavy atom. The molecule has 0 bridgehead atoms. The summed E-state index contributed by atoms with van der Waals surface area (Å²) < 4.78 is 5.56. The van der Waals surface area contributed by atoms with Gasteiger partial charge in [-0.3, -0.25) is 20.3 Å². The van der Waals surface area contributed by atoms with E-state index in [0.29, 0.717) is 29.9 Å². The van der Waals surface area contributed by atoms with E-state index in [1.165, 1.54) is 12.3 Å². The molecule has 1 saturated heterocycles. The monoisotopic (exact) mass is 447 g/mol. The first kappa shape index (κ1) is 22.0. The molecule has 5 N–H and O–H groups in total. The molecule has 0 aliphatic carbocycles. The van der Waals surface area contributed by atoms with E-state index in [4.69, 9.17) is 15.6 Å². The number of nitrogens with one attached hydrogen (secondary N) is 3. The van der Waals surface area contributed by atoms with Crippen molar-refractivity contribution in [2.24, 2.45) is 0 Å². The summed E-state index contributed by atoms with van der Waals surface area (Å²) in [4.78, 5) is 34.8. The smallest absolute Gasteiger partial charge is 0.302 e. The van der Waals surface area contributed by atoms with Gasteiger partial charge in [0.25, 0.3) is 5.91 Å². The largest absolute Gasteiger partial charge is 0.423 e. The van der Waals surface area contributed by atoms with Crippen LogP contribution in [-0.4, -0.2) is 51.5 Å². The maximum atomic E-state index is 12.8. The van der Waals surface area contributed by atoms with Gasteiger partial charge in [0.05, 0.1) is 5.56 Å². The highest BCUT2D eigenvalue weighted by Gasteiger charge is 2.26. The minimum atomic E-state index is -0.729. The number of pyridine rings is 1. The van der Waals surface area contributed by atoms with Crippen molar-refractivity contribution in [2.45, 2.75) is 25.8 Å². The highest BCUT2D eigenvalue weighted by atomic mass is 16.4.